The van der Waals surface area contributed by atoms with Gasteiger partial charge in [0.25, 0.3) is 9.05 Å². The van der Waals surface area contributed by atoms with E-state index in [0.29, 0.717) is 15.1 Å². The van der Waals surface area contributed by atoms with Gasteiger partial charge in [-0.15, -0.1) is 0 Å². The molecule has 0 spiro atoms. The minimum atomic E-state index is -3.75. The highest BCUT2D eigenvalue weighted by atomic mass is 79.9. The molecule has 0 saturated heterocycles. The third kappa shape index (κ3) is 2.37. The van der Waals surface area contributed by atoms with Crippen LogP contribution in [0.3, 0.4) is 0 Å². The van der Waals surface area contributed by atoms with Gasteiger partial charge in [0.15, 0.2) is 0 Å². The lowest BCUT2D eigenvalue weighted by molar-refractivity contribution is 0.608. The summed E-state index contributed by atoms with van der Waals surface area (Å²) in [7, 11) is 1.48. The minimum Gasteiger partial charge on any atom is -0.207 e. The molecule has 0 atom stereocenters. The second-order valence-corrected chi connectivity index (χ2v) is 6.19. The van der Waals surface area contributed by atoms with Gasteiger partial charge in [0.2, 0.25) is 0 Å². The highest BCUT2D eigenvalue weighted by Crippen LogP contribution is 2.32. The zero-order valence-electron chi connectivity index (χ0n) is 6.51. The molecule has 6 heteroatoms. The average Bonchev–Trinajstić information content (AvgIpc) is 1.95. The molecule has 0 saturated carbocycles. The second kappa shape index (κ2) is 3.77. The number of benzene rings is 1. The highest BCUT2D eigenvalue weighted by molar-refractivity contribution is 9.10. The van der Waals surface area contributed by atoms with Gasteiger partial charge >= 0.3 is 0 Å². The molecule has 0 fully saturated rings. The first kappa shape index (κ1) is 11.3. The maximum Gasteiger partial charge on any atom is 0.262 e. The summed E-state index contributed by atoms with van der Waals surface area (Å²) in [5.74, 6) is 0. The molecule has 0 aliphatic carbocycles. The Kier molecular flexibility index (Phi) is 3.28. The van der Waals surface area contributed by atoms with Crippen molar-refractivity contribution in [2.45, 2.75) is 11.8 Å². The van der Waals surface area contributed by atoms with Gasteiger partial charge in [-0.1, -0.05) is 11.6 Å². The van der Waals surface area contributed by atoms with Crippen molar-refractivity contribution in [3.63, 3.8) is 0 Å². The first-order chi connectivity index (χ1) is 5.84. The van der Waals surface area contributed by atoms with E-state index in [9.17, 15) is 8.42 Å². The number of hydrogen-bond acceptors (Lipinski definition) is 2. The van der Waals surface area contributed by atoms with Crippen LogP contribution in [0.1, 0.15) is 5.56 Å². The minimum absolute atomic E-state index is 0.0293. The van der Waals surface area contributed by atoms with Crippen LogP contribution in [0.15, 0.2) is 21.5 Å². The molecule has 0 N–H and O–H groups in total. The van der Waals surface area contributed by atoms with Crippen molar-refractivity contribution in [1.82, 2.24) is 0 Å². The van der Waals surface area contributed by atoms with Crippen LogP contribution in [-0.4, -0.2) is 8.42 Å². The number of hydrogen-bond donors (Lipinski definition) is 0. The van der Waals surface area contributed by atoms with Crippen LogP contribution in [0.5, 0.6) is 0 Å². The topological polar surface area (TPSA) is 34.1 Å². The van der Waals surface area contributed by atoms with Crippen molar-refractivity contribution in [2.24, 2.45) is 0 Å². The van der Waals surface area contributed by atoms with Gasteiger partial charge in [-0.25, -0.2) is 8.42 Å². The molecule has 72 valence electrons. The van der Waals surface area contributed by atoms with Crippen molar-refractivity contribution in [1.29, 1.82) is 0 Å². The summed E-state index contributed by atoms with van der Waals surface area (Å²) >= 11 is 8.84. The Morgan fingerprint density at radius 3 is 2.31 bits per heavy atom. The zero-order chi connectivity index (χ0) is 10.2. The quantitative estimate of drug-likeness (QED) is 0.746. The van der Waals surface area contributed by atoms with Crippen LogP contribution in [0, 0.1) is 6.92 Å². The van der Waals surface area contributed by atoms with Crippen molar-refractivity contribution < 1.29 is 8.42 Å². The van der Waals surface area contributed by atoms with Crippen LogP contribution in [-0.2, 0) is 9.05 Å². The molecule has 0 aliphatic rings. The van der Waals surface area contributed by atoms with E-state index in [2.05, 4.69) is 15.9 Å². The molecular weight excluding hydrogens is 299 g/mol. The predicted molar refractivity (Wildman–Crippen MR) is 56.9 cm³/mol. The van der Waals surface area contributed by atoms with Crippen LogP contribution >= 0.6 is 38.2 Å². The molecular formula is C7H5BrCl2O2S. The van der Waals surface area contributed by atoms with E-state index < -0.39 is 9.05 Å². The van der Waals surface area contributed by atoms with Gasteiger partial charge in [-0.2, -0.15) is 0 Å². The van der Waals surface area contributed by atoms with E-state index in [0.717, 1.165) is 0 Å². The van der Waals surface area contributed by atoms with Crippen LogP contribution in [0.25, 0.3) is 0 Å². The molecule has 0 heterocycles. The smallest absolute Gasteiger partial charge is 0.207 e. The Hall–Kier alpha value is 0.230. The lowest BCUT2D eigenvalue weighted by Gasteiger charge is -2.05. The van der Waals surface area contributed by atoms with Gasteiger partial charge in [0.05, 0.1) is 0 Å². The Balaban J connectivity index is 3.62. The summed E-state index contributed by atoms with van der Waals surface area (Å²) in [6.07, 6.45) is 0. The maximum absolute atomic E-state index is 11.1. The first-order valence-corrected chi connectivity index (χ1v) is 6.71. The molecule has 0 bridgehead atoms. The van der Waals surface area contributed by atoms with Gasteiger partial charge < -0.3 is 0 Å². The fourth-order valence-electron chi connectivity index (χ4n) is 0.934. The van der Waals surface area contributed by atoms with Crippen molar-refractivity contribution >= 4 is 47.3 Å². The summed E-state index contributed by atoms with van der Waals surface area (Å²) < 4.78 is 22.6. The molecule has 0 aromatic heterocycles. The Morgan fingerprint density at radius 1 is 1.38 bits per heavy atom. The van der Waals surface area contributed by atoms with Crippen molar-refractivity contribution in [3.05, 3.63) is 27.2 Å². The van der Waals surface area contributed by atoms with E-state index >= 15 is 0 Å². The molecule has 0 amide bonds. The van der Waals surface area contributed by atoms with E-state index in [1.54, 1.807) is 19.1 Å². The van der Waals surface area contributed by atoms with Gasteiger partial charge in [0.1, 0.15) is 4.90 Å². The van der Waals surface area contributed by atoms with Crippen molar-refractivity contribution in [3.8, 4) is 0 Å². The normalized spacial score (nSPS) is 11.7. The molecule has 0 radical (unpaired) electrons. The number of rotatable bonds is 1. The molecule has 0 aliphatic heterocycles. The monoisotopic (exact) mass is 302 g/mol. The molecule has 13 heavy (non-hydrogen) atoms. The largest absolute Gasteiger partial charge is 0.262 e. The van der Waals surface area contributed by atoms with Gasteiger partial charge in [-0.05, 0) is 40.5 Å². The molecule has 0 unspecified atom stereocenters. The molecule has 1 rings (SSSR count). The fourth-order valence-corrected chi connectivity index (χ4v) is 3.87. The number of halogens is 3. The summed E-state index contributed by atoms with van der Waals surface area (Å²) in [5.41, 5.74) is 0.450. The van der Waals surface area contributed by atoms with E-state index in [1.807, 2.05) is 0 Å². The second-order valence-electron chi connectivity index (χ2n) is 2.42. The maximum atomic E-state index is 11.1. The van der Waals surface area contributed by atoms with Gasteiger partial charge in [-0.3, -0.25) is 0 Å². The van der Waals surface area contributed by atoms with Crippen LogP contribution < -0.4 is 0 Å². The third-order valence-corrected chi connectivity index (χ3v) is 4.34. The SMILES string of the molecule is Cc1c(Cl)ccc(Br)c1S(=O)(=O)Cl. The fraction of sp³-hybridized carbons (Fsp3) is 0.143. The zero-order valence-corrected chi connectivity index (χ0v) is 10.4. The summed E-state index contributed by atoms with van der Waals surface area (Å²) in [6, 6.07) is 3.15. The predicted octanol–water partition coefficient (Wildman–Crippen LogP) is 3.34. The Labute approximate surface area is 94.4 Å². The summed E-state index contributed by atoms with van der Waals surface area (Å²) in [5, 5.41) is 0.377. The Bertz CT molecular complexity index is 442. The van der Waals surface area contributed by atoms with Gasteiger partial charge in [0, 0.05) is 20.2 Å². The lowest BCUT2D eigenvalue weighted by atomic mass is 10.2. The molecule has 1 aromatic carbocycles. The molecule has 1 aromatic rings. The first-order valence-electron chi connectivity index (χ1n) is 3.23. The van der Waals surface area contributed by atoms with Crippen LogP contribution in [0.4, 0.5) is 0 Å². The summed E-state index contributed by atoms with van der Waals surface area (Å²) in [6.45, 7) is 1.60. The standard InChI is InChI=1S/C7H5BrCl2O2S/c1-4-6(9)3-2-5(8)7(4)13(10,11)12/h2-3H,1H3. The third-order valence-electron chi connectivity index (χ3n) is 1.54. The van der Waals surface area contributed by atoms with E-state index in [4.69, 9.17) is 22.3 Å². The average molecular weight is 304 g/mol. The highest BCUT2D eigenvalue weighted by Gasteiger charge is 2.18. The summed E-state index contributed by atoms with van der Waals surface area (Å²) in [4.78, 5) is 0.0293. The lowest BCUT2D eigenvalue weighted by Crippen LogP contribution is -1.96. The van der Waals surface area contributed by atoms with Crippen LogP contribution in [0.2, 0.25) is 5.02 Å². The van der Waals surface area contributed by atoms with E-state index in [1.165, 1.54) is 0 Å². The Morgan fingerprint density at radius 2 is 1.92 bits per heavy atom. The van der Waals surface area contributed by atoms with Crippen molar-refractivity contribution in [2.75, 3.05) is 0 Å². The molecule has 2 nitrogen and oxygen atoms in total. The van der Waals surface area contributed by atoms with E-state index in [-0.39, 0.29) is 4.90 Å².